The Morgan fingerprint density at radius 1 is 1.11 bits per heavy atom. The van der Waals surface area contributed by atoms with Crippen LogP contribution in [0.3, 0.4) is 0 Å². The first-order valence-electron chi connectivity index (χ1n) is 8.49. The summed E-state index contributed by atoms with van der Waals surface area (Å²) < 4.78 is 10.9. The number of carbonyl (C=O) groups is 1. The third-order valence-corrected chi connectivity index (χ3v) is 3.80. The Bertz CT molecular complexity index is 914. The van der Waals surface area contributed by atoms with Crippen LogP contribution in [0.4, 0.5) is 0 Å². The molecular weight excluding hydrogens is 340 g/mol. The molecule has 0 aromatic heterocycles. The van der Waals surface area contributed by atoms with Crippen LogP contribution < -0.4 is 9.47 Å². The van der Waals surface area contributed by atoms with Gasteiger partial charge in [-0.05, 0) is 53.8 Å². The van der Waals surface area contributed by atoms with Gasteiger partial charge in [0.25, 0.3) is 0 Å². The number of hydrogen-bond donors (Lipinski definition) is 0. The van der Waals surface area contributed by atoms with Crippen LogP contribution in [-0.2, 0) is 4.79 Å². The summed E-state index contributed by atoms with van der Waals surface area (Å²) in [5, 5.41) is 17.5. The summed E-state index contributed by atoms with van der Waals surface area (Å²) in [6, 6.07) is 16.0. The Labute approximate surface area is 159 Å². The maximum absolute atomic E-state index is 12.1. The van der Waals surface area contributed by atoms with Crippen molar-refractivity contribution in [3.05, 3.63) is 64.7 Å². The molecular formula is C22H20N2O3. The van der Waals surface area contributed by atoms with Gasteiger partial charge in [-0.25, -0.2) is 4.79 Å². The molecule has 2 rings (SSSR count). The molecule has 0 saturated carbocycles. The minimum absolute atomic E-state index is 0.00672. The SMILES string of the molecule is Cc1ccc(C(C)C)c(OCC(=O)Oc2ccc(C=C(C#N)C#N)cc2)c1. The van der Waals surface area contributed by atoms with Gasteiger partial charge in [0.15, 0.2) is 6.61 Å². The van der Waals surface area contributed by atoms with Crippen molar-refractivity contribution in [2.75, 3.05) is 6.61 Å². The highest BCUT2D eigenvalue weighted by molar-refractivity contribution is 5.74. The first-order chi connectivity index (χ1) is 12.9. The zero-order chi connectivity index (χ0) is 19.8. The van der Waals surface area contributed by atoms with Gasteiger partial charge < -0.3 is 9.47 Å². The number of rotatable bonds is 6. The highest BCUT2D eigenvalue weighted by atomic mass is 16.6. The number of carbonyl (C=O) groups excluding carboxylic acids is 1. The molecule has 136 valence electrons. The van der Waals surface area contributed by atoms with E-state index in [2.05, 4.69) is 13.8 Å². The molecule has 5 nitrogen and oxygen atoms in total. The predicted octanol–water partition coefficient (Wildman–Crippen LogP) is 4.53. The standard InChI is InChI=1S/C22H20N2O3/c1-15(2)20-9-4-16(3)10-21(20)26-14-22(25)27-19-7-5-17(6-8-19)11-18(12-23)13-24/h4-11,15H,14H2,1-3H3. The van der Waals surface area contributed by atoms with Gasteiger partial charge in [-0.3, -0.25) is 0 Å². The summed E-state index contributed by atoms with van der Waals surface area (Å²) in [6.45, 7) is 5.90. The minimum atomic E-state index is -0.510. The smallest absolute Gasteiger partial charge is 0.349 e. The van der Waals surface area contributed by atoms with E-state index in [4.69, 9.17) is 20.0 Å². The van der Waals surface area contributed by atoms with E-state index >= 15 is 0 Å². The van der Waals surface area contributed by atoms with Crippen LogP contribution in [0, 0.1) is 29.6 Å². The number of benzene rings is 2. The number of ether oxygens (including phenoxy) is 2. The van der Waals surface area contributed by atoms with Gasteiger partial charge in [-0.15, -0.1) is 0 Å². The Morgan fingerprint density at radius 2 is 1.78 bits per heavy atom. The van der Waals surface area contributed by atoms with Crippen LogP contribution in [0.2, 0.25) is 0 Å². The summed E-state index contributed by atoms with van der Waals surface area (Å²) in [5.74, 6) is 0.820. The van der Waals surface area contributed by atoms with Gasteiger partial charge >= 0.3 is 5.97 Å². The fourth-order valence-corrected chi connectivity index (χ4v) is 2.43. The molecule has 0 bridgehead atoms. The van der Waals surface area contributed by atoms with Gasteiger partial charge in [-0.2, -0.15) is 10.5 Å². The minimum Gasteiger partial charge on any atom is -0.482 e. The van der Waals surface area contributed by atoms with Crippen LogP contribution in [0.25, 0.3) is 6.08 Å². The van der Waals surface area contributed by atoms with Gasteiger partial charge in [0.1, 0.15) is 29.2 Å². The lowest BCUT2D eigenvalue weighted by Gasteiger charge is -2.14. The highest BCUT2D eigenvalue weighted by Crippen LogP contribution is 2.27. The molecule has 2 aromatic carbocycles. The summed E-state index contributed by atoms with van der Waals surface area (Å²) in [4.78, 5) is 12.1. The number of aryl methyl sites for hydroxylation is 1. The van der Waals surface area contributed by atoms with Crippen LogP contribution in [0.1, 0.15) is 36.5 Å². The Hall–Kier alpha value is -3.57. The van der Waals surface area contributed by atoms with Crippen molar-refractivity contribution in [1.29, 1.82) is 10.5 Å². The number of nitrogens with zero attached hydrogens (tertiary/aromatic N) is 2. The molecule has 0 aliphatic carbocycles. The van der Waals surface area contributed by atoms with Gasteiger partial charge in [0, 0.05) is 0 Å². The summed E-state index contributed by atoms with van der Waals surface area (Å²) in [5.41, 5.74) is 2.77. The van der Waals surface area contributed by atoms with Crippen molar-refractivity contribution in [3.63, 3.8) is 0 Å². The van der Waals surface area contributed by atoms with Crippen LogP contribution in [-0.4, -0.2) is 12.6 Å². The first-order valence-corrected chi connectivity index (χ1v) is 8.49. The maximum atomic E-state index is 12.1. The van der Waals surface area contributed by atoms with E-state index in [1.54, 1.807) is 36.4 Å². The number of esters is 1. The monoisotopic (exact) mass is 360 g/mol. The van der Waals surface area contributed by atoms with Crippen molar-refractivity contribution in [3.8, 4) is 23.6 Å². The van der Waals surface area contributed by atoms with Gasteiger partial charge in [0.05, 0.1) is 0 Å². The van der Waals surface area contributed by atoms with E-state index < -0.39 is 5.97 Å². The average molecular weight is 360 g/mol. The predicted molar refractivity (Wildman–Crippen MR) is 102 cm³/mol. The molecule has 0 fully saturated rings. The fraction of sp³-hybridized carbons (Fsp3) is 0.227. The van der Waals surface area contributed by atoms with Crippen molar-refractivity contribution in [2.45, 2.75) is 26.7 Å². The van der Waals surface area contributed by atoms with E-state index in [1.807, 2.05) is 25.1 Å². The fourth-order valence-electron chi connectivity index (χ4n) is 2.43. The topological polar surface area (TPSA) is 83.1 Å². The van der Waals surface area contributed by atoms with Crippen molar-refractivity contribution < 1.29 is 14.3 Å². The van der Waals surface area contributed by atoms with E-state index in [0.29, 0.717) is 17.1 Å². The molecule has 0 aliphatic heterocycles. The molecule has 0 radical (unpaired) electrons. The average Bonchev–Trinajstić information content (AvgIpc) is 2.65. The van der Waals surface area contributed by atoms with Crippen LogP contribution in [0.15, 0.2) is 48.0 Å². The quantitative estimate of drug-likeness (QED) is 0.429. The molecule has 0 aliphatic rings. The van der Waals surface area contributed by atoms with E-state index in [1.165, 1.54) is 6.08 Å². The second-order valence-corrected chi connectivity index (χ2v) is 6.31. The van der Waals surface area contributed by atoms with Crippen molar-refractivity contribution in [1.82, 2.24) is 0 Å². The van der Waals surface area contributed by atoms with Crippen molar-refractivity contribution >= 4 is 12.0 Å². The number of nitriles is 2. The van der Waals surface area contributed by atoms with E-state index in [0.717, 1.165) is 11.1 Å². The zero-order valence-electron chi connectivity index (χ0n) is 15.5. The zero-order valence-corrected chi connectivity index (χ0v) is 15.5. The molecule has 0 N–H and O–H groups in total. The lowest BCUT2D eigenvalue weighted by Crippen LogP contribution is -2.18. The maximum Gasteiger partial charge on any atom is 0.349 e. The largest absolute Gasteiger partial charge is 0.482 e. The van der Waals surface area contributed by atoms with Crippen LogP contribution >= 0.6 is 0 Å². The van der Waals surface area contributed by atoms with Crippen LogP contribution in [0.5, 0.6) is 11.5 Å². The third-order valence-electron chi connectivity index (χ3n) is 3.80. The number of allylic oxidation sites excluding steroid dienone is 1. The molecule has 0 saturated heterocycles. The van der Waals surface area contributed by atoms with Gasteiger partial charge in [-0.1, -0.05) is 38.1 Å². The molecule has 0 spiro atoms. The number of hydrogen-bond acceptors (Lipinski definition) is 5. The van der Waals surface area contributed by atoms with E-state index in [9.17, 15) is 4.79 Å². The summed E-state index contributed by atoms with van der Waals surface area (Å²) in [7, 11) is 0. The molecule has 0 amide bonds. The summed E-state index contributed by atoms with van der Waals surface area (Å²) >= 11 is 0. The molecule has 0 atom stereocenters. The highest BCUT2D eigenvalue weighted by Gasteiger charge is 2.11. The normalized spacial score (nSPS) is 9.85. The lowest BCUT2D eigenvalue weighted by molar-refractivity contribution is -0.136. The molecule has 0 heterocycles. The van der Waals surface area contributed by atoms with Gasteiger partial charge in [0.2, 0.25) is 0 Å². The van der Waals surface area contributed by atoms with Crippen molar-refractivity contribution in [2.24, 2.45) is 0 Å². The first kappa shape index (κ1) is 19.8. The Morgan fingerprint density at radius 3 is 2.37 bits per heavy atom. The second-order valence-electron chi connectivity index (χ2n) is 6.31. The lowest BCUT2D eigenvalue weighted by atomic mass is 10.0. The molecule has 5 heteroatoms. The summed E-state index contributed by atoms with van der Waals surface area (Å²) in [6.07, 6.45) is 1.46. The van der Waals surface area contributed by atoms with E-state index in [-0.39, 0.29) is 18.1 Å². The second kappa shape index (κ2) is 9.22. The Kier molecular flexibility index (Phi) is 6.74. The Balaban J connectivity index is 1.99. The third kappa shape index (κ3) is 5.73. The molecule has 0 unspecified atom stereocenters. The molecule has 2 aromatic rings. The molecule has 27 heavy (non-hydrogen) atoms.